The monoisotopic (exact) mass is 305 g/mol. The second kappa shape index (κ2) is 7.19. The minimum atomic E-state index is -3.27. The molecule has 1 saturated heterocycles. The van der Waals surface area contributed by atoms with Crippen molar-refractivity contribution in [1.29, 1.82) is 0 Å². The minimum absolute atomic E-state index is 0. The Morgan fingerprint density at radius 3 is 2.63 bits per heavy atom. The van der Waals surface area contributed by atoms with E-state index in [9.17, 15) is 8.42 Å². The van der Waals surface area contributed by atoms with E-state index >= 15 is 0 Å². The Balaban J connectivity index is 0.00000180. The SMILES string of the molecule is Cl.NCC1CCCCN1S(=O)(=O)Cc1ccncc1. The Labute approximate surface area is 120 Å². The topological polar surface area (TPSA) is 76.3 Å². The molecular weight excluding hydrogens is 286 g/mol. The fourth-order valence-corrected chi connectivity index (χ4v) is 4.18. The number of hydrogen-bond acceptors (Lipinski definition) is 4. The summed E-state index contributed by atoms with van der Waals surface area (Å²) in [6, 6.07) is 3.43. The average Bonchev–Trinajstić information content (AvgIpc) is 2.39. The second-order valence-corrected chi connectivity index (χ2v) is 6.53. The fraction of sp³-hybridized carbons (Fsp3) is 0.583. The number of halogens is 1. The van der Waals surface area contributed by atoms with Gasteiger partial charge in [-0.15, -0.1) is 12.4 Å². The van der Waals surface area contributed by atoms with E-state index in [0.717, 1.165) is 24.8 Å². The highest BCUT2D eigenvalue weighted by Crippen LogP contribution is 2.22. The molecule has 0 radical (unpaired) electrons. The van der Waals surface area contributed by atoms with Crippen LogP contribution < -0.4 is 5.73 Å². The molecule has 1 aromatic heterocycles. The molecule has 0 aromatic carbocycles. The number of sulfonamides is 1. The van der Waals surface area contributed by atoms with Crippen LogP contribution >= 0.6 is 12.4 Å². The lowest BCUT2D eigenvalue weighted by atomic mass is 10.1. The maximum Gasteiger partial charge on any atom is 0.218 e. The second-order valence-electron chi connectivity index (χ2n) is 4.61. The third-order valence-corrected chi connectivity index (χ3v) is 5.19. The van der Waals surface area contributed by atoms with Crippen LogP contribution in [0.2, 0.25) is 0 Å². The molecule has 1 aliphatic rings. The molecule has 0 saturated carbocycles. The summed E-state index contributed by atoms with van der Waals surface area (Å²) in [5, 5.41) is 0. The Bertz CT molecular complexity index is 481. The third-order valence-electron chi connectivity index (χ3n) is 3.30. The molecule has 1 aromatic rings. The Hall–Kier alpha value is -0.690. The van der Waals surface area contributed by atoms with Gasteiger partial charge in [0.15, 0.2) is 0 Å². The van der Waals surface area contributed by atoms with E-state index in [-0.39, 0.29) is 24.2 Å². The van der Waals surface area contributed by atoms with Crippen molar-refractivity contribution in [1.82, 2.24) is 9.29 Å². The van der Waals surface area contributed by atoms with Crippen molar-refractivity contribution in [2.24, 2.45) is 5.73 Å². The van der Waals surface area contributed by atoms with Gasteiger partial charge in [0, 0.05) is 31.5 Å². The van der Waals surface area contributed by atoms with Crippen LogP contribution in [0.5, 0.6) is 0 Å². The smallest absolute Gasteiger partial charge is 0.218 e. The van der Waals surface area contributed by atoms with Crippen LogP contribution in [0.3, 0.4) is 0 Å². The first-order valence-corrected chi connectivity index (χ1v) is 7.83. The van der Waals surface area contributed by atoms with Gasteiger partial charge in [-0.25, -0.2) is 8.42 Å². The number of aromatic nitrogens is 1. The molecule has 2 heterocycles. The van der Waals surface area contributed by atoms with Gasteiger partial charge in [-0.05, 0) is 30.5 Å². The molecule has 1 fully saturated rings. The average molecular weight is 306 g/mol. The summed E-state index contributed by atoms with van der Waals surface area (Å²) in [5.41, 5.74) is 6.44. The van der Waals surface area contributed by atoms with Crippen molar-refractivity contribution in [3.05, 3.63) is 30.1 Å². The highest BCUT2D eigenvalue weighted by atomic mass is 35.5. The van der Waals surface area contributed by atoms with Crippen LogP contribution in [0.4, 0.5) is 0 Å². The zero-order valence-electron chi connectivity index (χ0n) is 10.7. The predicted octanol–water partition coefficient (Wildman–Crippen LogP) is 1.15. The highest BCUT2D eigenvalue weighted by molar-refractivity contribution is 7.88. The first-order chi connectivity index (χ1) is 8.63. The van der Waals surface area contributed by atoms with Gasteiger partial charge in [0.05, 0.1) is 5.75 Å². The van der Waals surface area contributed by atoms with E-state index in [2.05, 4.69) is 4.98 Å². The van der Waals surface area contributed by atoms with Crippen molar-refractivity contribution in [3.8, 4) is 0 Å². The standard InChI is InChI=1S/C12H19N3O2S.ClH/c13-9-12-3-1-2-8-15(12)18(16,17)10-11-4-6-14-7-5-11;/h4-7,12H,1-3,8-10,13H2;1H. The first-order valence-electron chi connectivity index (χ1n) is 6.22. The summed E-state index contributed by atoms with van der Waals surface area (Å²) in [5.74, 6) is 0.0337. The molecule has 0 bridgehead atoms. The molecule has 2 N–H and O–H groups in total. The molecule has 1 aliphatic heterocycles. The largest absolute Gasteiger partial charge is 0.329 e. The lowest BCUT2D eigenvalue weighted by molar-refractivity contribution is 0.257. The maximum atomic E-state index is 12.4. The number of nitrogens with zero attached hydrogens (tertiary/aromatic N) is 2. The van der Waals surface area contributed by atoms with Gasteiger partial charge in [0.25, 0.3) is 0 Å². The van der Waals surface area contributed by atoms with Gasteiger partial charge in [-0.1, -0.05) is 6.42 Å². The van der Waals surface area contributed by atoms with Crippen molar-refractivity contribution in [2.75, 3.05) is 13.1 Å². The van der Waals surface area contributed by atoms with Crippen LogP contribution in [-0.2, 0) is 15.8 Å². The quantitative estimate of drug-likeness (QED) is 0.905. The zero-order chi connectivity index (χ0) is 13.0. The van der Waals surface area contributed by atoms with E-state index < -0.39 is 10.0 Å². The Morgan fingerprint density at radius 1 is 1.32 bits per heavy atom. The highest BCUT2D eigenvalue weighted by Gasteiger charge is 2.31. The molecule has 19 heavy (non-hydrogen) atoms. The fourth-order valence-electron chi connectivity index (χ4n) is 2.35. The number of rotatable bonds is 4. The van der Waals surface area contributed by atoms with E-state index in [4.69, 9.17) is 5.73 Å². The van der Waals surface area contributed by atoms with Gasteiger partial charge in [0.1, 0.15) is 0 Å². The van der Waals surface area contributed by atoms with E-state index in [1.54, 1.807) is 28.8 Å². The van der Waals surface area contributed by atoms with Gasteiger partial charge < -0.3 is 5.73 Å². The van der Waals surface area contributed by atoms with E-state index in [0.29, 0.717) is 13.1 Å². The third kappa shape index (κ3) is 4.14. The number of nitrogens with two attached hydrogens (primary N) is 1. The summed E-state index contributed by atoms with van der Waals surface area (Å²) in [7, 11) is -3.27. The minimum Gasteiger partial charge on any atom is -0.329 e. The Kier molecular flexibility index (Phi) is 6.19. The molecule has 0 amide bonds. The molecule has 0 aliphatic carbocycles. The molecule has 1 unspecified atom stereocenters. The first kappa shape index (κ1) is 16.4. The van der Waals surface area contributed by atoms with E-state index in [1.807, 2.05) is 0 Å². The molecule has 7 heteroatoms. The summed E-state index contributed by atoms with van der Waals surface area (Å²) in [6.45, 7) is 0.991. The zero-order valence-corrected chi connectivity index (χ0v) is 12.4. The molecule has 5 nitrogen and oxygen atoms in total. The van der Waals surface area contributed by atoms with Crippen molar-refractivity contribution < 1.29 is 8.42 Å². The lowest BCUT2D eigenvalue weighted by Crippen LogP contribution is -2.47. The van der Waals surface area contributed by atoms with Crippen LogP contribution in [0, 0.1) is 0 Å². The van der Waals surface area contributed by atoms with Crippen molar-refractivity contribution in [2.45, 2.75) is 31.1 Å². The van der Waals surface area contributed by atoms with Crippen LogP contribution in [-0.4, -0.2) is 36.8 Å². The molecule has 108 valence electrons. The van der Waals surface area contributed by atoms with E-state index in [1.165, 1.54) is 0 Å². The van der Waals surface area contributed by atoms with Gasteiger partial charge in [-0.3, -0.25) is 4.98 Å². The predicted molar refractivity (Wildman–Crippen MR) is 77.5 cm³/mol. The summed E-state index contributed by atoms with van der Waals surface area (Å²) < 4.78 is 26.3. The Morgan fingerprint density at radius 2 is 2.00 bits per heavy atom. The summed E-state index contributed by atoms with van der Waals surface area (Å²) >= 11 is 0. The van der Waals surface area contributed by atoms with Gasteiger partial charge in [0.2, 0.25) is 10.0 Å². The van der Waals surface area contributed by atoms with Crippen LogP contribution in [0.1, 0.15) is 24.8 Å². The molecule has 1 atom stereocenters. The normalized spacial score (nSPS) is 20.8. The lowest BCUT2D eigenvalue weighted by Gasteiger charge is -2.33. The summed E-state index contributed by atoms with van der Waals surface area (Å²) in [4.78, 5) is 3.89. The molecule has 0 spiro atoms. The van der Waals surface area contributed by atoms with Crippen LogP contribution in [0.25, 0.3) is 0 Å². The number of piperidine rings is 1. The maximum absolute atomic E-state index is 12.4. The van der Waals surface area contributed by atoms with Crippen LogP contribution in [0.15, 0.2) is 24.5 Å². The summed E-state index contributed by atoms with van der Waals surface area (Å²) in [6.07, 6.45) is 6.07. The van der Waals surface area contributed by atoms with Gasteiger partial charge in [-0.2, -0.15) is 4.31 Å². The number of pyridine rings is 1. The number of hydrogen-bond donors (Lipinski definition) is 1. The molecule has 2 rings (SSSR count). The van der Waals surface area contributed by atoms with Crippen molar-refractivity contribution in [3.63, 3.8) is 0 Å². The molecular formula is C12H20ClN3O2S. The van der Waals surface area contributed by atoms with Crippen molar-refractivity contribution >= 4 is 22.4 Å². The van der Waals surface area contributed by atoms with Gasteiger partial charge >= 0.3 is 0 Å².